The monoisotopic (exact) mass is 302 g/mol. The summed E-state index contributed by atoms with van der Waals surface area (Å²) in [6.45, 7) is 3.90. The average molecular weight is 303 g/mol. The molecule has 1 aromatic carbocycles. The SMILES string of the molecule is CCC(C)[C@H](N)C(=O)Nc1ccc(F)cc1Br. The Bertz CT molecular complexity index is 411. The van der Waals surface area contributed by atoms with Gasteiger partial charge in [0.1, 0.15) is 5.82 Å². The molecular weight excluding hydrogens is 287 g/mol. The van der Waals surface area contributed by atoms with Crippen LogP contribution in [-0.2, 0) is 4.79 Å². The number of carbonyl (C=O) groups excluding carboxylic acids is 1. The lowest BCUT2D eigenvalue weighted by molar-refractivity contribution is -0.118. The fourth-order valence-corrected chi connectivity index (χ4v) is 1.77. The number of amides is 1. The lowest BCUT2D eigenvalue weighted by Crippen LogP contribution is -2.40. The smallest absolute Gasteiger partial charge is 0.241 e. The molecule has 1 unspecified atom stereocenters. The maximum absolute atomic E-state index is 12.9. The Balaban J connectivity index is 2.74. The van der Waals surface area contributed by atoms with E-state index in [-0.39, 0.29) is 17.6 Å². The van der Waals surface area contributed by atoms with Gasteiger partial charge in [-0.15, -0.1) is 0 Å². The summed E-state index contributed by atoms with van der Waals surface area (Å²) in [5, 5.41) is 2.67. The summed E-state index contributed by atoms with van der Waals surface area (Å²) in [6, 6.07) is 3.53. The summed E-state index contributed by atoms with van der Waals surface area (Å²) in [6.07, 6.45) is 0.833. The number of nitrogens with one attached hydrogen (secondary N) is 1. The average Bonchev–Trinajstić information content (AvgIpc) is 2.30. The first kappa shape index (κ1) is 14.1. The Morgan fingerprint density at radius 2 is 2.24 bits per heavy atom. The van der Waals surface area contributed by atoms with E-state index in [4.69, 9.17) is 5.73 Å². The molecule has 0 radical (unpaired) electrons. The van der Waals surface area contributed by atoms with Crippen LogP contribution in [0.4, 0.5) is 10.1 Å². The van der Waals surface area contributed by atoms with Gasteiger partial charge in [0, 0.05) is 4.47 Å². The van der Waals surface area contributed by atoms with E-state index < -0.39 is 6.04 Å². The largest absolute Gasteiger partial charge is 0.324 e. The standard InChI is InChI=1S/C12H16BrFN2O/c1-3-7(2)11(15)12(17)16-10-5-4-8(14)6-9(10)13/h4-7,11H,3,15H2,1-2H3,(H,16,17)/t7?,11-/m0/s1. The van der Waals surface area contributed by atoms with E-state index in [2.05, 4.69) is 21.2 Å². The summed E-state index contributed by atoms with van der Waals surface area (Å²) < 4.78 is 13.4. The van der Waals surface area contributed by atoms with Crippen LogP contribution in [0.5, 0.6) is 0 Å². The van der Waals surface area contributed by atoms with E-state index in [9.17, 15) is 9.18 Å². The van der Waals surface area contributed by atoms with Crippen LogP contribution in [0.25, 0.3) is 0 Å². The second kappa shape index (κ2) is 6.12. The summed E-state index contributed by atoms with van der Waals surface area (Å²) >= 11 is 3.18. The van der Waals surface area contributed by atoms with Crippen LogP contribution in [0.1, 0.15) is 20.3 Å². The third-order valence-corrected chi connectivity index (χ3v) is 3.40. The maximum atomic E-state index is 12.9. The van der Waals surface area contributed by atoms with Gasteiger partial charge < -0.3 is 11.1 Å². The van der Waals surface area contributed by atoms with E-state index in [1.807, 2.05) is 13.8 Å². The number of rotatable bonds is 4. The lowest BCUT2D eigenvalue weighted by atomic mass is 9.99. The van der Waals surface area contributed by atoms with Gasteiger partial charge in [0.25, 0.3) is 0 Å². The predicted octanol–water partition coefficient (Wildman–Crippen LogP) is 2.90. The topological polar surface area (TPSA) is 55.1 Å². The molecule has 17 heavy (non-hydrogen) atoms. The van der Waals surface area contributed by atoms with E-state index >= 15 is 0 Å². The van der Waals surface area contributed by atoms with Crippen molar-refractivity contribution in [2.75, 3.05) is 5.32 Å². The van der Waals surface area contributed by atoms with Crippen LogP contribution in [0.2, 0.25) is 0 Å². The normalized spacial score (nSPS) is 14.2. The highest BCUT2D eigenvalue weighted by atomic mass is 79.9. The maximum Gasteiger partial charge on any atom is 0.241 e. The third-order valence-electron chi connectivity index (χ3n) is 2.75. The minimum absolute atomic E-state index is 0.106. The number of halogens is 2. The molecule has 5 heteroatoms. The molecule has 3 N–H and O–H groups in total. The van der Waals surface area contributed by atoms with Crippen LogP contribution < -0.4 is 11.1 Å². The van der Waals surface area contributed by atoms with E-state index in [1.54, 1.807) is 0 Å². The summed E-state index contributed by atoms with van der Waals surface area (Å²) in [5.74, 6) is -0.512. The summed E-state index contributed by atoms with van der Waals surface area (Å²) in [5.41, 5.74) is 6.32. The molecule has 0 fully saturated rings. The molecule has 1 aromatic rings. The Morgan fingerprint density at radius 3 is 2.76 bits per heavy atom. The fourth-order valence-electron chi connectivity index (χ4n) is 1.32. The molecule has 3 nitrogen and oxygen atoms in total. The van der Waals surface area contributed by atoms with Crippen LogP contribution in [-0.4, -0.2) is 11.9 Å². The van der Waals surface area contributed by atoms with E-state index in [0.29, 0.717) is 10.2 Å². The zero-order valence-corrected chi connectivity index (χ0v) is 11.4. The Kier molecular flexibility index (Phi) is 5.08. The number of nitrogens with two attached hydrogens (primary N) is 1. The second-order valence-corrected chi connectivity index (χ2v) is 4.88. The first-order valence-electron chi connectivity index (χ1n) is 5.47. The minimum Gasteiger partial charge on any atom is -0.324 e. The van der Waals surface area contributed by atoms with Crippen LogP contribution in [0, 0.1) is 11.7 Å². The molecule has 0 aliphatic heterocycles. The van der Waals surface area contributed by atoms with Gasteiger partial charge in [-0.1, -0.05) is 20.3 Å². The van der Waals surface area contributed by atoms with Crippen molar-refractivity contribution in [1.82, 2.24) is 0 Å². The third kappa shape index (κ3) is 3.78. The highest BCUT2D eigenvalue weighted by molar-refractivity contribution is 9.10. The molecular formula is C12H16BrFN2O. The van der Waals surface area contributed by atoms with Crippen LogP contribution >= 0.6 is 15.9 Å². The molecule has 0 aliphatic rings. The number of benzene rings is 1. The molecule has 0 bridgehead atoms. The number of anilines is 1. The molecule has 0 saturated carbocycles. The van der Waals surface area contributed by atoms with Crippen molar-refractivity contribution < 1.29 is 9.18 Å². The highest BCUT2D eigenvalue weighted by Crippen LogP contribution is 2.23. The molecule has 1 amide bonds. The van der Waals surface area contributed by atoms with Gasteiger partial charge in [-0.25, -0.2) is 4.39 Å². The van der Waals surface area contributed by atoms with Crippen molar-refractivity contribution in [1.29, 1.82) is 0 Å². The van der Waals surface area contributed by atoms with Crippen LogP contribution in [0.15, 0.2) is 22.7 Å². The van der Waals surface area contributed by atoms with Gasteiger partial charge in [-0.3, -0.25) is 4.79 Å². The predicted molar refractivity (Wildman–Crippen MR) is 70.2 cm³/mol. The van der Waals surface area contributed by atoms with Gasteiger partial charge in [0.05, 0.1) is 11.7 Å². The molecule has 0 spiro atoms. The molecule has 0 heterocycles. The van der Waals surface area contributed by atoms with Gasteiger partial charge in [-0.2, -0.15) is 0 Å². The molecule has 0 aliphatic carbocycles. The van der Waals surface area contributed by atoms with Gasteiger partial charge >= 0.3 is 0 Å². The van der Waals surface area contributed by atoms with Gasteiger partial charge in [0.2, 0.25) is 5.91 Å². The zero-order valence-electron chi connectivity index (χ0n) is 9.84. The quantitative estimate of drug-likeness (QED) is 0.898. The number of carbonyl (C=O) groups is 1. The summed E-state index contributed by atoms with van der Waals surface area (Å²) in [7, 11) is 0. The Morgan fingerprint density at radius 1 is 1.59 bits per heavy atom. The minimum atomic E-state index is -0.558. The van der Waals surface area contributed by atoms with Gasteiger partial charge in [0.15, 0.2) is 0 Å². The zero-order chi connectivity index (χ0) is 13.0. The van der Waals surface area contributed by atoms with Crippen molar-refractivity contribution in [3.05, 3.63) is 28.5 Å². The number of hydrogen-bond acceptors (Lipinski definition) is 2. The number of hydrogen-bond donors (Lipinski definition) is 2. The first-order valence-corrected chi connectivity index (χ1v) is 6.26. The Hall–Kier alpha value is -0.940. The molecule has 0 aromatic heterocycles. The lowest BCUT2D eigenvalue weighted by Gasteiger charge is -2.18. The van der Waals surface area contributed by atoms with Crippen LogP contribution in [0.3, 0.4) is 0 Å². The van der Waals surface area contributed by atoms with Crippen molar-refractivity contribution in [2.45, 2.75) is 26.3 Å². The molecule has 1 rings (SSSR count). The van der Waals surface area contributed by atoms with Crippen molar-refractivity contribution >= 4 is 27.5 Å². The van der Waals surface area contributed by atoms with E-state index in [1.165, 1.54) is 18.2 Å². The van der Waals surface area contributed by atoms with Crippen molar-refractivity contribution in [2.24, 2.45) is 11.7 Å². The Labute approximate surface area is 109 Å². The van der Waals surface area contributed by atoms with Gasteiger partial charge in [-0.05, 0) is 40.0 Å². The summed E-state index contributed by atoms with van der Waals surface area (Å²) in [4.78, 5) is 11.8. The molecule has 0 saturated heterocycles. The first-order chi connectivity index (χ1) is 7.95. The van der Waals surface area contributed by atoms with Crippen molar-refractivity contribution in [3.63, 3.8) is 0 Å². The van der Waals surface area contributed by atoms with E-state index in [0.717, 1.165) is 6.42 Å². The second-order valence-electron chi connectivity index (χ2n) is 4.02. The molecule has 94 valence electrons. The highest BCUT2D eigenvalue weighted by Gasteiger charge is 2.20. The van der Waals surface area contributed by atoms with Crippen molar-refractivity contribution in [3.8, 4) is 0 Å². The fraction of sp³-hybridized carbons (Fsp3) is 0.417. The molecule has 2 atom stereocenters.